The molecular formula is C19H17FN2O3S. The monoisotopic (exact) mass is 372 g/mol. The Hall–Kier alpha value is -2.67. The highest BCUT2D eigenvalue weighted by Gasteiger charge is 2.18. The van der Waals surface area contributed by atoms with Crippen molar-refractivity contribution in [3.63, 3.8) is 0 Å². The molecule has 134 valence electrons. The highest BCUT2D eigenvalue weighted by Crippen LogP contribution is 2.23. The van der Waals surface area contributed by atoms with Gasteiger partial charge in [0.1, 0.15) is 5.82 Å². The molecule has 2 aromatic carbocycles. The quantitative estimate of drug-likeness (QED) is 0.444. The van der Waals surface area contributed by atoms with Crippen LogP contribution in [0, 0.1) is 5.82 Å². The third kappa shape index (κ3) is 4.92. The first kappa shape index (κ1) is 18.1. The number of halogens is 1. The molecule has 0 amide bonds. The van der Waals surface area contributed by atoms with Crippen LogP contribution in [0.1, 0.15) is 25.3 Å². The van der Waals surface area contributed by atoms with Crippen molar-refractivity contribution in [2.45, 2.75) is 24.3 Å². The Morgan fingerprint density at radius 2 is 1.88 bits per heavy atom. The molecule has 0 radical (unpaired) electrons. The number of esters is 1. The molecule has 0 bridgehead atoms. The van der Waals surface area contributed by atoms with Crippen molar-refractivity contribution in [1.82, 2.24) is 10.2 Å². The number of aromatic nitrogens is 2. The van der Waals surface area contributed by atoms with Gasteiger partial charge in [0.15, 0.2) is 6.10 Å². The van der Waals surface area contributed by atoms with Crippen LogP contribution in [0.2, 0.25) is 0 Å². The Balaban J connectivity index is 1.48. The standard InChI is InChI=1S/C19H17FN2O3S/c1-13(18-21-22-19(25-18)14-5-3-2-4-6-14)24-17(23)11-12-26-16-9-7-15(20)8-10-16/h2-10,13H,11-12H2,1H3/t13-/m1/s1. The van der Waals surface area contributed by atoms with Gasteiger partial charge in [-0.2, -0.15) is 0 Å². The largest absolute Gasteiger partial charge is 0.453 e. The van der Waals surface area contributed by atoms with E-state index in [1.807, 2.05) is 30.3 Å². The lowest BCUT2D eigenvalue weighted by Crippen LogP contribution is -2.09. The second kappa shape index (κ2) is 8.62. The second-order valence-corrected chi connectivity index (χ2v) is 6.66. The van der Waals surface area contributed by atoms with Gasteiger partial charge in [0.25, 0.3) is 5.89 Å². The van der Waals surface area contributed by atoms with E-state index in [2.05, 4.69) is 10.2 Å². The van der Waals surface area contributed by atoms with Crippen molar-refractivity contribution >= 4 is 17.7 Å². The lowest BCUT2D eigenvalue weighted by atomic mass is 10.2. The summed E-state index contributed by atoms with van der Waals surface area (Å²) in [6.07, 6.45) is -0.394. The molecule has 0 N–H and O–H groups in total. The Morgan fingerprint density at radius 3 is 2.62 bits per heavy atom. The van der Waals surface area contributed by atoms with Crippen molar-refractivity contribution < 1.29 is 18.3 Å². The molecule has 0 aliphatic heterocycles. The van der Waals surface area contributed by atoms with Crippen LogP contribution < -0.4 is 0 Å². The van der Waals surface area contributed by atoms with Gasteiger partial charge in [0.05, 0.1) is 6.42 Å². The predicted octanol–water partition coefficient (Wildman–Crippen LogP) is 4.66. The minimum atomic E-state index is -0.622. The Morgan fingerprint density at radius 1 is 1.15 bits per heavy atom. The van der Waals surface area contributed by atoms with E-state index in [-0.39, 0.29) is 24.1 Å². The van der Waals surface area contributed by atoms with Crippen molar-refractivity contribution in [3.8, 4) is 11.5 Å². The van der Waals surface area contributed by atoms with Gasteiger partial charge >= 0.3 is 5.97 Å². The lowest BCUT2D eigenvalue weighted by molar-refractivity contribution is -0.149. The molecule has 0 fully saturated rings. The van der Waals surface area contributed by atoms with E-state index in [0.29, 0.717) is 11.6 Å². The zero-order valence-electron chi connectivity index (χ0n) is 14.1. The van der Waals surface area contributed by atoms with Crippen LogP contribution >= 0.6 is 11.8 Å². The number of thioether (sulfide) groups is 1. The Bertz CT molecular complexity index is 853. The topological polar surface area (TPSA) is 65.2 Å². The van der Waals surface area contributed by atoms with Gasteiger partial charge in [-0.1, -0.05) is 18.2 Å². The summed E-state index contributed by atoms with van der Waals surface area (Å²) in [5.41, 5.74) is 0.806. The highest BCUT2D eigenvalue weighted by molar-refractivity contribution is 7.99. The summed E-state index contributed by atoms with van der Waals surface area (Å²) >= 11 is 1.46. The maximum absolute atomic E-state index is 12.8. The minimum absolute atomic E-state index is 0.228. The van der Waals surface area contributed by atoms with Crippen LogP contribution in [0.5, 0.6) is 0 Å². The van der Waals surface area contributed by atoms with Crippen molar-refractivity contribution in [2.24, 2.45) is 0 Å². The van der Waals surface area contributed by atoms with Gasteiger partial charge in [-0.25, -0.2) is 4.39 Å². The van der Waals surface area contributed by atoms with Crippen LogP contribution in [0.25, 0.3) is 11.5 Å². The maximum atomic E-state index is 12.8. The summed E-state index contributed by atoms with van der Waals surface area (Å²) in [5, 5.41) is 7.93. The second-order valence-electron chi connectivity index (χ2n) is 5.50. The fourth-order valence-electron chi connectivity index (χ4n) is 2.19. The Labute approximate surface area is 154 Å². The molecule has 1 aromatic heterocycles. The van der Waals surface area contributed by atoms with E-state index in [4.69, 9.17) is 9.15 Å². The van der Waals surface area contributed by atoms with E-state index >= 15 is 0 Å². The first-order valence-electron chi connectivity index (χ1n) is 8.08. The normalized spacial score (nSPS) is 11.9. The number of ether oxygens (including phenoxy) is 1. The summed E-state index contributed by atoms with van der Waals surface area (Å²) in [5.74, 6) is 0.540. The zero-order chi connectivity index (χ0) is 18.4. The highest BCUT2D eigenvalue weighted by atomic mass is 32.2. The third-order valence-corrected chi connectivity index (χ3v) is 4.52. The van der Waals surface area contributed by atoms with Gasteiger partial charge in [0, 0.05) is 16.2 Å². The van der Waals surface area contributed by atoms with E-state index in [1.54, 1.807) is 19.1 Å². The van der Waals surface area contributed by atoms with Crippen LogP contribution in [-0.2, 0) is 9.53 Å². The van der Waals surface area contributed by atoms with Crippen molar-refractivity contribution in [2.75, 3.05) is 5.75 Å². The Kier molecular flexibility index (Phi) is 6.01. The molecule has 0 unspecified atom stereocenters. The van der Waals surface area contributed by atoms with E-state index in [9.17, 15) is 9.18 Å². The third-order valence-electron chi connectivity index (χ3n) is 3.51. The number of carbonyl (C=O) groups excluding carboxylic acids is 1. The summed E-state index contributed by atoms with van der Waals surface area (Å²) < 4.78 is 23.8. The molecule has 0 saturated carbocycles. The SMILES string of the molecule is C[C@@H](OC(=O)CCSc1ccc(F)cc1)c1nnc(-c2ccccc2)o1. The molecule has 1 heterocycles. The zero-order valence-corrected chi connectivity index (χ0v) is 14.9. The first-order chi connectivity index (χ1) is 12.6. The number of carbonyl (C=O) groups is 1. The smallest absolute Gasteiger partial charge is 0.307 e. The van der Waals surface area contributed by atoms with Gasteiger partial charge < -0.3 is 9.15 Å². The molecule has 0 saturated heterocycles. The summed E-state index contributed by atoms with van der Waals surface area (Å²) in [6.45, 7) is 1.69. The number of benzene rings is 2. The molecule has 0 spiro atoms. The van der Waals surface area contributed by atoms with E-state index in [1.165, 1.54) is 23.9 Å². The number of nitrogens with zero attached hydrogens (tertiary/aromatic N) is 2. The minimum Gasteiger partial charge on any atom is -0.453 e. The van der Waals surface area contributed by atoms with Crippen LogP contribution in [0.4, 0.5) is 4.39 Å². The molecule has 3 aromatic rings. The molecule has 0 aliphatic rings. The molecule has 1 atom stereocenters. The average Bonchev–Trinajstić information content (AvgIpc) is 3.14. The predicted molar refractivity (Wildman–Crippen MR) is 96.0 cm³/mol. The van der Waals surface area contributed by atoms with Gasteiger partial charge in [-0.15, -0.1) is 22.0 Å². The maximum Gasteiger partial charge on any atom is 0.307 e. The molecule has 3 rings (SSSR count). The fraction of sp³-hybridized carbons (Fsp3) is 0.211. The number of hydrogen-bond donors (Lipinski definition) is 0. The molecule has 5 nitrogen and oxygen atoms in total. The fourth-order valence-corrected chi connectivity index (χ4v) is 3.02. The van der Waals surface area contributed by atoms with Gasteiger partial charge in [-0.05, 0) is 43.3 Å². The van der Waals surface area contributed by atoms with Gasteiger partial charge in [0.2, 0.25) is 5.89 Å². The molecule has 7 heteroatoms. The van der Waals surface area contributed by atoms with E-state index in [0.717, 1.165) is 10.5 Å². The van der Waals surface area contributed by atoms with Crippen molar-refractivity contribution in [3.05, 3.63) is 66.3 Å². The molecule has 26 heavy (non-hydrogen) atoms. The van der Waals surface area contributed by atoms with E-state index < -0.39 is 6.10 Å². The molecule has 0 aliphatic carbocycles. The lowest BCUT2D eigenvalue weighted by Gasteiger charge is -2.09. The molecular weight excluding hydrogens is 355 g/mol. The average molecular weight is 372 g/mol. The summed E-state index contributed by atoms with van der Waals surface area (Å²) in [6, 6.07) is 15.5. The number of rotatable bonds is 7. The van der Waals surface area contributed by atoms with Crippen molar-refractivity contribution in [1.29, 1.82) is 0 Å². The summed E-state index contributed by atoms with van der Waals surface area (Å²) in [7, 11) is 0. The van der Waals surface area contributed by atoms with Gasteiger partial charge in [-0.3, -0.25) is 4.79 Å². The first-order valence-corrected chi connectivity index (χ1v) is 9.07. The van der Waals surface area contributed by atoms with Crippen LogP contribution in [-0.4, -0.2) is 21.9 Å². The summed E-state index contributed by atoms with van der Waals surface area (Å²) in [4.78, 5) is 12.9. The van der Waals surface area contributed by atoms with Crippen LogP contribution in [0.3, 0.4) is 0 Å². The van der Waals surface area contributed by atoms with Crippen LogP contribution in [0.15, 0.2) is 63.9 Å². The number of hydrogen-bond acceptors (Lipinski definition) is 6.